The van der Waals surface area contributed by atoms with Crippen LogP contribution >= 0.6 is 0 Å². The van der Waals surface area contributed by atoms with Gasteiger partial charge in [0, 0.05) is 16.6 Å². The lowest BCUT2D eigenvalue weighted by Crippen LogP contribution is -2.23. The molecule has 22 heavy (non-hydrogen) atoms. The average molecular weight is 300 g/mol. The van der Waals surface area contributed by atoms with Gasteiger partial charge >= 0.3 is 11.9 Å². The van der Waals surface area contributed by atoms with Gasteiger partial charge in [0.05, 0.1) is 0 Å². The van der Waals surface area contributed by atoms with Crippen LogP contribution in [-0.2, 0) is 9.59 Å². The lowest BCUT2D eigenvalue weighted by atomic mass is 9.76. The summed E-state index contributed by atoms with van der Waals surface area (Å²) in [5.74, 6) is -2.22. The smallest absolute Gasteiger partial charge is 0.332 e. The van der Waals surface area contributed by atoms with E-state index in [0.717, 1.165) is 5.56 Å². The van der Waals surface area contributed by atoms with Gasteiger partial charge in [0.1, 0.15) is 0 Å². The number of benzene rings is 1. The quantitative estimate of drug-likeness (QED) is 0.752. The molecule has 1 aromatic carbocycles. The standard InChI is InChI=1S/C18H20O4/c1-4-18(14(3)17(21)22,12-13(2)16(19)20)11-10-15-8-6-5-7-9-15/h5-12H,3-4H2,1-2H3,(H,19,20)(H,21,22). The molecule has 0 aliphatic carbocycles. The van der Waals surface area contributed by atoms with E-state index in [1.54, 1.807) is 19.1 Å². The first-order valence-electron chi connectivity index (χ1n) is 6.92. The van der Waals surface area contributed by atoms with E-state index in [1.165, 1.54) is 13.0 Å². The van der Waals surface area contributed by atoms with E-state index < -0.39 is 17.4 Å². The fourth-order valence-corrected chi connectivity index (χ4v) is 2.13. The molecule has 2 N–H and O–H groups in total. The van der Waals surface area contributed by atoms with Gasteiger partial charge < -0.3 is 10.2 Å². The topological polar surface area (TPSA) is 74.6 Å². The fraction of sp³-hybridized carbons (Fsp3) is 0.222. The zero-order chi connectivity index (χ0) is 16.8. The normalized spacial score (nSPS) is 14.5. The molecule has 4 nitrogen and oxygen atoms in total. The van der Waals surface area contributed by atoms with Crippen LogP contribution in [0.3, 0.4) is 0 Å². The van der Waals surface area contributed by atoms with Crippen LogP contribution in [-0.4, -0.2) is 22.2 Å². The van der Waals surface area contributed by atoms with Crippen molar-refractivity contribution in [2.24, 2.45) is 5.41 Å². The van der Waals surface area contributed by atoms with E-state index in [0.29, 0.717) is 6.42 Å². The van der Waals surface area contributed by atoms with E-state index in [1.807, 2.05) is 30.3 Å². The van der Waals surface area contributed by atoms with Crippen LogP contribution in [0.5, 0.6) is 0 Å². The van der Waals surface area contributed by atoms with Crippen molar-refractivity contribution in [3.05, 3.63) is 65.8 Å². The van der Waals surface area contributed by atoms with Gasteiger partial charge in [-0.1, -0.05) is 62.1 Å². The molecule has 0 fully saturated rings. The number of carbonyl (C=O) groups is 2. The molecule has 1 atom stereocenters. The Kier molecular flexibility index (Phi) is 5.87. The first kappa shape index (κ1) is 17.4. The summed E-state index contributed by atoms with van der Waals surface area (Å²) < 4.78 is 0. The molecule has 0 aliphatic heterocycles. The van der Waals surface area contributed by atoms with Gasteiger partial charge in [-0.3, -0.25) is 0 Å². The number of hydrogen-bond donors (Lipinski definition) is 2. The molecular weight excluding hydrogens is 280 g/mol. The van der Waals surface area contributed by atoms with E-state index in [4.69, 9.17) is 5.11 Å². The van der Waals surface area contributed by atoms with Crippen LogP contribution in [0.25, 0.3) is 6.08 Å². The van der Waals surface area contributed by atoms with E-state index in [9.17, 15) is 14.7 Å². The number of aliphatic carboxylic acids is 2. The molecule has 1 rings (SSSR count). The highest BCUT2D eigenvalue weighted by atomic mass is 16.4. The SMILES string of the molecule is C=C(C(=O)O)C(C=Cc1ccccc1)(C=C(C)C(=O)O)CC. The van der Waals surface area contributed by atoms with Gasteiger partial charge in [0.2, 0.25) is 0 Å². The van der Waals surface area contributed by atoms with Crippen LogP contribution in [0, 0.1) is 5.41 Å². The molecule has 0 aliphatic rings. The Labute approximate surface area is 130 Å². The van der Waals surface area contributed by atoms with Gasteiger partial charge in [0.15, 0.2) is 0 Å². The molecule has 0 saturated carbocycles. The lowest BCUT2D eigenvalue weighted by molar-refractivity contribution is -0.134. The van der Waals surface area contributed by atoms with Crippen LogP contribution < -0.4 is 0 Å². The zero-order valence-corrected chi connectivity index (χ0v) is 12.7. The number of allylic oxidation sites excluding steroid dienone is 2. The van der Waals surface area contributed by atoms with E-state index >= 15 is 0 Å². The number of hydrogen-bond acceptors (Lipinski definition) is 2. The zero-order valence-electron chi connectivity index (χ0n) is 12.7. The van der Waals surface area contributed by atoms with Crippen molar-refractivity contribution in [2.75, 3.05) is 0 Å². The monoisotopic (exact) mass is 300 g/mol. The summed E-state index contributed by atoms with van der Waals surface area (Å²) in [5.41, 5.74) is -0.103. The molecular formula is C18H20O4. The number of rotatable bonds is 7. The van der Waals surface area contributed by atoms with Gasteiger partial charge in [-0.2, -0.15) is 0 Å². The van der Waals surface area contributed by atoms with Crippen molar-refractivity contribution in [2.45, 2.75) is 20.3 Å². The average Bonchev–Trinajstić information content (AvgIpc) is 2.51. The van der Waals surface area contributed by atoms with Gasteiger partial charge in [-0.15, -0.1) is 0 Å². The largest absolute Gasteiger partial charge is 0.478 e. The maximum absolute atomic E-state index is 11.4. The van der Waals surface area contributed by atoms with Crippen molar-refractivity contribution >= 4 is 18.0 Å². The molecule has 1 aromatic rings. The highest BCUT2D eigenvalue weighted by Gasteiger charge is 2.31. The Morgan fingerprint density at radius 2 is 1.77 bits per heavy atom. The molecule has 4 heteroatoms. The summed E-state index contributed by atoms with van der Waals surface area (Å²) in [6.45, 7) is 6.88. The summed E-state index contributed by atoms with van der Waals surface area (Å²) in [6, 6.07) is 9.40. The third kappa shape index (κ3) is 4.19. The van der Waals surface area contributed by atoms with Crippen molar-refractivity contribution < 1.29 is 19.8 Å². The molecule has 0 amide bonds. The maximum Gasteiger partial charge on any atom is 0.332 e. The summed E-state index contributed by atoms with van der Waals surface area (Å²) in [4.78, 5) is 22.4. The third-order valence-electron chi connectivity index (χ3n) is 3.59. The molecule has 0 saturated heterocycles. The molecule has 1 unspecified atom stereocenters. The Balaban J connectivity index is 3.35. The Hall–Kier alpha value is -2.62. The molecule has 116 valence electrons. The third-order valence-corrected chi connectivity index (χ3v) is 3.59. The Morgan fingerprint density at radius 3 is 2.23 bits per heavy atom. The summed E-state index contributed by atoms with van der Waals surface area (Å²) in [5, 5.41) is 18.4. The molecule has 0 bridgehead atoms. The number of carboxylic acid groups (broad SMARTS) is 2. The number of carboxylic acids is 2. The highest BCUT2D eigenvalue weighted by Crippen LogP contribution is 2.36. The van der Waals surface area contributed by atoms with Crippen molar-refractivity contribution in [3.63, 3.8) is 0 Å². The Bertz CT molecular complexity index is 626. The molecule has 0 spiro atoms. The second kappa shape index (κ2) is 7.41. The van der Waals surface area contributed by atoms with Crippen molar-refractivity contribution in [1.82, 2.24) is 0 Å². The first-order valence-corrected chi connectivity index (χ1v) is 6.92. The minimum atomic E-state index is -1.14. The minimum Gasteiger partial charge on any atom is -0.478 e. The molecule has 0 radical (unpaired) electrons. The van der Waals surface area contributed by atoms with E-state index in [2.05, 4.69) is 6.58 Å². The molecule has 0 heterocycles. The second-order valence-electron chi connectivity index (χ2n) is 5.05. The van der Waals surface area contributed by atoms with Crippen LogP contribution in [0.15, 0.2) is 60.2 Å². The predicted molar refractivity (Wildman–Crippen MR) is 86.4 cm³/mol. The fourth-order valence-electron chi connectivity index (χ4n) is 2.13. The maximum atomic E-state index is 11.4. The van der Waals surface area contributed by atoms with Crippen LogP contribution in [0.2, 0.25) is 0 Å². The van der Waals surface area contributed by atoms with Crippen LogP contribution in [0.4, 0.5) is 0 Å². The summed E-state index contributed by atoms with van der Waals surface area (Å²) in [7, 11) is 0. The van der Waals surface area contributed by atoms with Gasteiger partial charge in [-0.05, 0) is 18.9 Å². The summed E-state index contributed by atoms with van der Waals surface area (Å²) in [6.07, 6.45) is 5.33. The Morgan fingerprint density at radius 1 is 1.18 bits per heavy atom. The summed E-state index contributed by atoms with van der Waals surface area (Å²) >= 11 is 0. The second-order valence-corrected chi connectivity index (χ2v) is 5.05. The van der Waals surface area contributed by atoms with Crippen molar-refractivity contribution in [1.29, 1.82) is 0 Å². The van der Waals surface area contributed by atoms with Crippen molar-refractivity contribution in [3.8, 4) is 0 Å². The minimum absolute atomic E-state index is 0.0530. The molecule has 0 aromatic heterocycles. The predicted octanol–water partition coefficient (Wildman–Crippen LogP) is 3.77. The van der Waals surface area contributed by atoms with E-state index in [-0.39, 0.29) is 11.1 Å². The van der Waals surface area contributed by atoms with Gasteiger partial charge in [-0.25, -0.2) is 9.59 Å². The highest BCUT2D eigenvalue weighted by molar-refractivity contribution is 5.91. The van der Waals surface area contributed by atoms with Gasteiger partial charge in [0.25, 0.3) is 0 Å². The first-order chi connectivity index (χ1) is 10.3. The lowest BCUT2D eigenvalue weighted by Gasteiger charge is -2.26. The van der Waals surface area contributed by atoms with Crippen LogP contribution in [0.1, 0.15) is 25.8 Å².